The lowest BCUT2D eigenvalue weighted by atomic mass is 9.49. The molecule has 5 fully saturated rings. The van der Waals surface area contributed by atoms with Crippen LogP contribution in [-0.4, -0.2) is 30.6 Å². The van der Waals surface area contributed by atoms with E-state index in [1.165, 1.54) is 19.3 Å². The average Bonchev–Trinajstić information content (AvgIpc) is 3.06. The minimum absolute atomic E-state index is 0.135. The van der Waals surface area contributed by atoms with Crippen molar-refractivity contribution in [2.45, 2.75) is 51.0 Å². The molecule has 28 heavy (non-hydrogen) atoms. The molecule has 0 aromatic heterocycles. The van der Waals surface area contributed by atoms with Gasteiger partial charge in [-0.05, 0) is 80.5 Å². The molecule has 1 aromatic carbocycles. The van der Waals surface area contributed by atoms with Crippen LogP contribution in [0.2, 0.25) is 0 Å². The molecule has 1 aliphatic heterocycles. The zero-order chi connectivity index (χ0) is 19.3. The third kappa shape index (κ3) is 3.09. The Hall–Kier alpha value is -2.37. The molecule has 1 N–H and O–H groups in total. The van der Waals surface area contributed by atoms with Crippen LogP contribution in [0.15, 0.2) is 24.3 Å². The lowest BCUT2D eigenvalue weighted by molar-refractivity contribution is -0.145. The van der Waals surface area contributed by atoms with Gasteiger partial charge in [0.25, 0.3) is 0 Å². The molecule has 0 unspecified atom stereocenters. The number of ether oxygens (including phenoxy) is 2. The van der Waals surface area contributed by atoms with Crippen molar-refractivity contribution in [2.24, 2.45) is 23.2 Å². The summed E-state index contributed by atoms with van der Waals surface area (Å²) >= 11 is 0. The molecular formula is C22H25NO5. The van der Waals surface area contributed by atoms with Gasteiger partial charge in [-0.1, -0.05) is 0 Å². The van der Waals surface area contributed by atoms with Crippen LogP contribution in [0.5, 0.6) is 0 Å². The first-order valence-electron chi connectivity index (χ1n) is 10.3. The van der Waals surface area contributed by atoms with Crippen molar-refractivity contribution >= 4 is 23.5 Å². The molecule has 6 heteroatoms. The van der Waals surface area contributed by atoms with Gasteiger partial charge in [-0.25, -0.2) is 9.59 Å². The van der Waals surface area contributed by atoms with Gasteiger partial charge in [0.15, 0.2) is 0 Å². The third-order valence-electron chi connectivity index (χ3n) is 7.03. The molecule has 6 nitrogen and oxygen atoms in total. The maximum atomic E-state index is 13.1. The predicted octanol–water partition coefficient (Wildman–Crippen LogP) is 3.31. The lowest BCUT2D eigenvalue weighted by Crippen LogP contribution is -2.51. The average molecular weight is 383 g/mol. The van der Waals surface area contributed by atoms with Crippen LogP contribution in [0, 0.1) is 23.2 Å². The molecule has 1 amide bonds. The summed E-state index contributed by atoms with van der Waals surface area (Å²) in [5.74, 6) is 1.25. The number of amides is 1. The molecule has 4 bridgehead atoms. The summed E-state index contributed by atoms with van der Waals surface area (Å²) in [7, 11) is 0. The third-order valence-corrected chi connectivity index (χ3v) is 7.03. The number of cyclic esters (lactones) is 1. The molecule has 148 valence electrons. The highest BCUT2D eigenvalue weighted by Gasteiger charge is 2.54. The second-order valence-electron chi connectivity index (χ2n) is 9.08. The van der Waals surface area contributed by atoms with E-state index in [9.17, 15) is 14.4 Å². The van der Waals surface area contributed by atoms with E-state index in [1.54, 1.807) is 24.3 Å². The summed E-state index contributed by atoms with van der Waals surface area (Å²) < 4.78 is 10.00. The standard InChI is InChI=1S/C22H25NO5/c24-19(28-18-5-6-27-20(18)25)16-1-3-17(4-2-16)23-21(26)22-10-13-7-14(11-22)9-15(8-13)12-22/h1-4,13-15,18H,5-12H2,(H,23,26)/t13?,14?,15?,18-,22?/m0/s1. The number of benzene rings is 1. The summed E-state index contributed by atoms with van der Waals surface area (Å²) in [5, 5.41) is 3.08. The SMILES string of the molecule is O=C(O[C@H]1CCOC1=O)c1ccc(NC(=O)C23CC4CC(CC(C4)C2)C3)cc1. The Morgan fingerprint density at radius 2 is 1.61 bits per heavy atom. The number of nitrogens with one attached hydrogen (secondary N) is 1. The van der Waals surface area contributed by atoms with Crippen LogP contribution >= 0.6 is 0 Å². The molecule has 1 heterocycles. The first-order chi connectivity index (χ1) is 13.5. The zero-order valence-corrected chi connectivity index (χ0v) is 15.8. The Balaban J connectivity index is 1.23. The molecule has 0 radical (unpaired) electrons. The zero-order valence-electron chi connectivity index (χ0n) is 15.8. The number of rotatable bonds is 4. The van der Waals surface area contributed by atoms with Crippen molar-refractivity contribution in [1.29, 1.82) is 0 Å². The number of carbonyl (C=O) groups excluding carboxylic acids is 3. The summed E-state index contributed by atoms with van der Waals surface area (Å²) in [5.41, 5.74) is 0.847. The normalized spacial score (nSPS) is 35.5. The maximum absolute atomic E-state index is 13.1. The molecule has 1 saturated heterocycles. The molecule has 1 aromatic rings. The molecule has 6 rings (SSSR count). The van der Waals surface area contributed by atoms with Crippen LogP contribution in [0.1, 0.15) is 55.3 Å². The van der Waals surface area contributed by atoms with Crippen molar-refractivity contribution in [3.63, 3.8) is 0 Å². The quantitative estimate of drug-likeness (QED) is 0.807. The smallest absolute Gasteiger partial charge is 0.347 e. The fraction of sp³-hybridized carbons (Fsp3) is 0.591. The van der Waals surface area contributed by atoms with Gasteiger partial charge in [0.1, 0.15) is 0 Å². The molecule has 5 aliphatic rings. The molecule has 0 spiro atoms. The Labute approximate surface area is 164 Å². The number of carbonyl (C=O) groups is 3. The summed E-state index contributed by atoms with van der Waals surface area (Å²) in [6, 6.07) is 6.69. The molecular weight excluding hydrogens is 358 g/mol. The Morgan fingerprint density at radius 3 is 2.14 bits per heavy atom. The topological polar surface area (TPSA) is 81.7 Å². The second kappa shape index (κ2) is 6.61. The van der Waals surface area contributed by atoms with Gasteiger partial charge < -0.3 is 14.8 Å². The van der Waals surface area contributed by atoms with Crippen LogP contribution in [0.25, 0.3) is 0 Å². The highest BCUT2D eigenvalue weighted by molar-refractivity contribution is 5.97. The number of anilines is 1. The van der Waals surface area contributed by atoms with Crippen molar-refractivity contribution in [3.8, 4) is 0 Å². The van der Waals surface area contributed by atoms with Gasteiger partial charge in [0.05, 0.1) is 17.6 Å². The monoisotopic (exact) mass is 383 g/mol. The van der Waals surface area contributed by atoms with Crippen molar-refractivity contribution in [1.82, 2.24) is 0 Å². The van der Waals surface area contributed by atoms with Crippen LogP contribution < -0.4 is 5.32 Å². The lowest BCUT2D eigenvalue weighted by Gasteiger charge is -2.55. The van der Waals surface area contributed by atoms with E-state index in [4.69, 9.17) is 9.47 Å². The van der Waals surface area contributed by atoms with Crippen LogP contribution in [-0.2, 0) is 19.1 Å². The van der Waals surface area contributed by atoms with Gasteiger partial charge in [-0.2, -0.15) is 0 Å². The first-order valence-corrected chi connectivity index (χ1v) is 10.3. The fourth-order valence-electron chi connectivity index (χ4n) is 6.12. The number of hydrogen-bond donors (Lipinski definition) is 1. The first kappa shape index (κ1) is 17.7. The summed E-state index contributed by atoms with van der Waals surface area (Å²) in [6.45, 7) is 0.284. The Morgan fingerprint density at radius 1 is 1.00 bits per heavy atom. The van der Waals surface area contributed by atoms with Crippen molar-refractivity contribution < 1.29 is 23.9 Å². The van der Waals surface area contributed by atoms with Gasteiger partial charge in [0.2, 0.25) is 12.0 Å². The Bertz CT molecular complexity index is 779. The largest absolute Gasteiger partial charge is 0.463 e. The van der Waals surface area contributed by atoms with Crippen LogP contribution in [0.3, 0.4) is 0 Å². The van der Waals surface area contributed by atoms with Gasteiger partial charge in [0, 0.05) is 12.1 Å². The number of esters is 2. The maximum Gasteiger partial charge on any atom is 0.347 e. The predicted molar refractivity (Wildman–Crippen MR) is 100 cm³/mol. The fourth-order valence-corrected chi connectivity index (χ4v) is 6.12. The van der Waals surface area contributed by atoms with Crippen molar-refractivity contribution in [2.75, 3.05) is 11.9 Å². The van der Waals surface area contributed by atoms with E-state index in [-0.39, 0.29) is 17.9 Å². The Kier molecular flexibility index (Phi) is 4.18. The second-order valence-corrected chi connectivity index (χ2v) is 9.08. The van der Waals surface area contributed by atoms with Gasteiger partial charge >= 0.3 is 11.9 Å². The number of hydrogen-bond acceptors (Lipinski definition) is 5. The molecule has 4 saturated carbocycles. The van der Waals surface area contributed by atoms with Crippen molar-refractivity contribution in [3.05, 3.63) is 29.8 Å². The van der Waals surface area contributed by atoms with E-state index in [0.717, 1.165) is 37.0 Å². The molecule has 1 atom stereocenters. The minimum Gasteiger partial charge on any atom is -0.463 e. The summed E-state index contributed by atoms with van der Waals surface area (Å²) in [4.78, 5) is 36.7. The van der Waals surface area contributed by atoms with Gasteiger partial charge in [-0.3, -0.25) is 4.79 Å². The highest BCUT2D eigenvalue weighted by Crippen LogP contribution is 2.60. The van der Waals surface area contributed by atoms with E-state index in [1.807, 2.05) is 0 Å². The van der Waals surface area contributed by atoms with E-state index in [2.05, 4.69) is 5.32 Å². The van der Waals surface area contributed by atoms with Crippen LogP contribution in [0.4, 0.5) is 5.69 Å². The minimum atomic E-state index is -0.817. The van der Waals surface area contributed by atoms with E-state index in [0.29, 0.717) is 17.7 Å². The summed E-state index contributed by atoms with van der Waals surface area (Å²) in [6.07, 6.45) is 6.55. The molecule has 4 aliphatic carbocycles. The van der Waals surface area contributed by atoms with E-state index >= 15 is 0 Å². The van der Waals surface area contributed by atoms with E-state index < -0.39 is 18.0 Å². The highest BCUT2D eigenvalue weighted by atomic mass is 16.6. The van der Waals surface area contributed by atoms with Gasteiger partial charge in [-0.15, -0.1) is 0 Å².